The first kappa shape index (κ1) is 9.17. The average molecular weight is 245 g/mol. The van der Waals surface area contributed by atoms with Gasteiger partial charge in [-0.1, -0.05) is 0 Å². The quantitative estimate of drug-likeness (QED) is 0.712. The van der Waals surface area contributed by atoms with E-state index in [9.17, 15) is 4.79 Å². The monoisotopic (exact) mass is 244 g/mol. The van der Waals surface area contributed by atoms with E-state index in [2.05, 4.69) is 20.9 Å². The summed E-state index contributed by atoms with van der Waals surface area (Å²) in [5.41, 5.74) is 0.497. The summed E-state index contributed by atoms with van der Waals surface area (Å²) < 4.78 is 0.389. The molecule has 1 heterocycles. The van der Waals surface area contributed by atoms with Crippen molar-refractivity contribution in [2.45, 2.75) is 0 Å². The van der Waals surface area contributed by atoms with Gasteiger partial charge in [-0.2, -0.15) is 5.26 Å². The van der Waals surface area contributed by atoms with Crippen LogP contribution in [0.4, 0.5) is 0 Å². The molecular weight excluding hydrogens is 243 g/mol. The van der Waals surface area contributed by atoms with Crippen molar-refractivity contribution in [3.8, 4) is 6.07 Å². The molecule has 12 heavy (non-hydrogen) atoms. The number of nitrogens with zero attached hydrogens (tertiary/aromatic N) is 2. The fourth-order valence-electron chi connectivity index (χ4n) is 0.660. The highest BCUT2D eigenvalue weighted by atomic mass is 79.9. The van der Waals surface area contributed by atoms with E-state index in [-0.39, 0.29) is 5.56 Å². The van der Waals surface area contributed by atoms with E-state index in [0.717, 1.165) is 0 Å². The maximum absolute atomic E-state index is 10.7. The lowest BCUT2D eigenvalue weighted by Crippen LogP contribution is -1.94. The minimum Gasteiger partial charge on any atom is -0.276 e. The highest BCUT2D eigenvalue weighted by Gasteiger charge is 2.10. The summed E-state index contributed by atoms with van der Waals surface area (Å²) in [5.74, 6) is 0. The molecule has 0 bridgehead atoms. The summed E-state index contributed by atoms with van der Waals surface area (Å²) in [7, 11) is 0. The van der Waals surface area contributed by atoms with Crippen molar-refractivity contribution in [3.63, 3.8) is 0 Å². The van der Waals surface area contributed by atoms with Crippen LogP contribution < -0.4 is 0 Å². The van der Waals surface area contributed by atoms with E-state index in [1.54, 1.807) is 0 Å². The number of halogens is 2. The first-order valence-corrected chi connectivity index (χ1v) is 4.07. The van der Waals surface area contributed by atoms with Gasteiger partial charge in [-0.25, -0.2) is 0 Å². The van der Waals surface area contributed by atoms with Crippen LogP contribution in [0, 0.1) is 11.3 Å². The van der Waals surface area contributed by atoms with Crippen molar-refractivity contribution in [2.75, 3.05) is 0 Å². The van der Waals surface area contributed by atoms with Crippen LogP contribution in [-0.2, 0) is 0 Å². The molecule has 0 radical (unpaired) electrons. The van der Waals surface area contributed by atoms with Crippen molar-refractivity contribution < 1.29 is 4.79 Å². The molecule has 0 N–H and O–H groups in total. The number of nitriles is 1. The predicted octanol–water partition coefficient (Wildman–Crippen LogP) is 2.09. The maximum Gasteiger partial charge on any atom is 0.255 e. The van der Waals surface area contributed by atoms with E-state index in [1.165, 1.54) is 12.4 Å². The van der Waals surface area contributed by atoms with E-state index in [4.69, 9.17) is 16.9 Å². The van der Waals surface area contributed by atoms with Crippen LogP contribution in [0.1, 0.15) is 15.9 Å². The highest BCUT2D eigenvalue weighted by molar-refractivity contribution is 9.10. The SMILES string of the molecule is N#Cc1cncc(C(=O)Cl)c1Br. The van der Waals surface area contributed by atoms with Gasteiger partial charge >= 0.3 is 0 Å². The summed E-state index contributed by atoms with van der Waals surface area (Å²) in [5, 5.41) is 7.92. The Morgan fingerprint density at radius 2 is 2.33 bits per heavy atom. The van der Waals surface area contributed by atoms with Gasteiger partial charge in [0.1, 0.15) is 6.07 Å². The third kappa shape index (κ3) is 1.63. The zero-order chi connectivity index (χ0) is 9.14. The molecule has 60 valence electrons. The smallest absolute Gasteiger partial charge is 0.255 e. The van der Waals surface area contributed by atoms with E-state index < -0.39 is 5.24 Å². The molecule has 0 saturated carbocycles. The summed E-state index contributed by atoms with van der Waals surface area (Å²) in [6.07, 6.45) is 2.66. The minimum atomic E-state index is -0.633. The van der Waals surface area contributed by atoms with Gasteiger partial charge in [-0.05, 0) is 27.5 Å². The first-order chi connectivity index (χ1) is 5.66. The Bertz CT molecular complexity index is 372. The molecule has 0 spiro atoms. The highest BCUT2D eigenvalue weighted by Crippen LogP contribution is 2.21. The minimum absolute atomic E-state index is 0.204. The fraction of sp³-hybridized carbons (Fsp3) is 0. The molecule has 5 heteroatoms. The Kier molecular flexibility index (Phi) is 2.79. The van der Waals surface area contributed by atoms with Gasteiger partial charge in [0.2, 0.25) is 0 Å². The Balaban J connectivity index is 3.35. The van der Waals surface area contributed by atoms with Crippen LogP contribution >= 0.6 is 27.5 Å². The number of pyridine rings is 1. The van der Waals surface area contributed by atoms with Crippen LogP contribution in [0.25, 0.3) is 0 Å². The zero-order valence-corrected chi connectivity index (χ0v) is 8.06. The second-order valence-corrected chi connectivity index (χ2v) is 3.07. The lowest BCUT2D eigenvalue weighted by Gasteiger charge is -1.97. The molecule has 0 aliphatic heterocycles. The Hall–Kier alpha value is -0.920. The lowest BCUT2D eigenvalue weighted by molar-refractivity contribution is 0.108. The van der Waals surface area contributed by atoms with Crippen LogP contribution in [0.3, 0.4) is 0 Å². The van der Waals surface area contributed by atoms with Crippen LogP contribution in [0.15, 0.2) is 16.9 Å². The zero-order valence-electron chi connectivity index (χ0n) is 5.71. The molecule has 0 saturated heterocycles. The van der Waals surface area contributed by atoms with Gasteiger partial charge in [-0.3, -0.25) is 9.78 Å². The maximum atomic E-state index is 10.7. The second-order valence-electron chi connectivity index (χ2n) is 1.93. The molecule has 0 aliphatic rings. The normalized spacial score (nSPS) is 9.08. The first-order valence-electron chi connectivity index (χ1n) is 2.90. The third-order valence-electron chi connectivity index (χ3n) is 1.21. The summed E-state index contributed by atoms with van der Waals surface area (Å²) >= 11 is 8.29. The molecule has 1 rings (SSSR count). The molecule has 0 aromatic carbocycles. The average Bonchev–Trinajstić information content (AvgIpc) is 2.04. The van der Waals surface area contributed by atoms with Crippen molar-refractivity contribution in [3.05, 3.63) is 28.0 Å². The standard InChI is InChI=1S/C7H2BrClN2O/c8-6-4(1-10)2-11-3-5(6)7(9)12/h2-3H. The Morgan fingerprint density at radius 3 is 2.83 bits per heavy atom. The van der Waals surface area contributed by atoms with Crippen LogP contribution in [-0.4, -0.2) is 10.2 Å². The van der Waals surface area contributed by atoms with Crippen molar-refractivity contribution >= 4 is 32.8 Å². The number of carbonyl (C=O) groups excluding carboxylic acids is 1. The van der Waals surface area contributed by atoms with E-state index >= 15 is 0 Å². The van der Waals surface area contributed by atoms with Crippen molar-refractivity contribution in [2.24, 2.45) is 0 Å². The fourth-order valence-corrected chi connectivity index (χ4v) is 1.39. The molecule has 1 aromatic heterocycles. The Morgan fingerprint density at radius 1 is 1.67 bits per heavy atom. The number of carbonyl (C=O) groups is 1. The molecular formula is C7H2BrClN2O. The number of aromatic nitrogens is 1. The third-order valence-corrected chi connectivity index (χ3v) is 2.27. The van der Waals surface area contributed by atoms with Gasteiger partial charge in [0.15, 0.2) is 0 Å². The van der Waals surface area contributed by atoms with Gasteiger partial charge in [0, 0.05) is 12.4 Å². The molecule has 0 fully saturated rings. The van der Waals surface area contributed by atoms with E-state index in [1.807, 2.05) is 6.07 Å². The molecule has 0 aliphatic carbocycles. The molecule has 3 nitrogen and oxygen atoms in total. The summed E-state index contributed by atoms with van der Waals surface area (Å²) in [4.78, 5) is 14.4. The Labute approximate surface area is 82.1 Å². The van der Waals surface area contributed by atoms with E-state index in [0.29, 0.717) is 10.0 Å². The van der Waals surface area contributed by atoms with Crippen LogP contribution in [0.5, 0.6) is 0 Å². The van der Waals surface area contributed by atoms with Crippen molar-refractivity contribution in [1.29, 1.82) is 5.26 Å². The molecule has 0 unspecified atom stereocenters. The lowest BCUT2D eigenvalue weighted by atomic mass is 10.2. The van der Waals surface area contributed by atoms with Crippen molar-refractivity contribution in [1.82, 2.24) is 4.98 Å². The van der Waals surface area contributed by atoms with Gasteiger partial charge in [-0.15, -0.1) is 0 Å². The van der Waals surface area contributed by atoms with Gasteiger partial charge in [0.05, 0.1) is 15.6 Å². The molecule has 1 aromatic rings. The number of hydrogen-bond acceptors (Lipinski definition) is 3. The van der Waals surface area contributed by atoms with Gasteiger partial charge in [0.25, 0.3) is 5.24 Å². The topological polar surface area (TPSA) is 53.8 Å². The predicted molar refractivity (Wildman–Crippen MR) is 46.8 cm³/mol. The number of hydrogen-bond donors (Lipinski definition) is 0. The largest absolute Gasteiger partial charge is 0.276 e. The second kappa shape index (κ2) is 3.65. The van der Waals surface area contributed by atoms with Crippen LogP contribution in [0.2, 0.25) is 0 Å². The van der Waals surface area contributed by atoms with Gasteiger partial charge < -0.3 is 0 Å². The summed E-state index contributed by atoms with van der Waals surface area (Å²) in [6, 6.07) is 1.87. The molecule has 0 atom stereocenters. The number of rotatable bonds is 1. The molecule has 0 amide bonds. The summed E-state index contributed by atoms with van der Waals surface area (Å²) in [6.45, 7) is 0.